The molecule has 1 aliphatic heterocycles. The van der Waals surface area contributed by atoms with Crippen LogP contribution in [0.4, 0.5) is 5.13 Å². The van der Waals surface area contributed by atoms with Crippen LogP contribution in [0, 0.1) is 5.41 Å². The first-order valence-electron chi connectivity index (χ1n) is 7.28. The van der Waals surface area contributed by atoms with E-state index in [1.165, 1.54) is 16.2 Å². The second kappa shape index (κ2) is 6.62. The number of hydrogen-bond acceptors (Lipinski definition) is 6. The molecule has 8 heteroatoms. The summed E-state index contributed by atoms with van der Waals surface area (Å²) < 4.78 is 0. The van der Waals surface area contributed by atoms with E-state index < -0.39 is 17.5 Å². The number of thiazole rings is 1. The zero-order chi connectivity index (χ0) is 16.3. The van der Waals surface area contributed by atoms with Crippen molar-refractivity contribution in [2.45, 2.75) is 32.3 Å². The van der Waals surface area contributed by atoms with Crippen LogP contribution in [0.3, 0.4) is 0 Å². The maximum atomic E-state index is 12.5. The third kappa shape index (κ3) is 2.93. The molecule has 7 nitrogen and oxygen atoms in total. The number of nitrogens with zero attached hydrogens (tertiary/aromatic N) is 2. The molecule has 122 valence electrons. The van der Waals surface area contributed by atoms with Gasteiger partial charge < -0.3 is 20.4 Å². The molecule has 0 radical (unpaired) electrons. The molecule has 2 atom stereocenters. The summed E-state index contributed by atoms with van der Waals surface area (Å²) in [4.78, 5) is 29.9. The SMILES string of the molecule is CCC[C@@]1(C(=O)O)CN(C(=O)c2csc(NC)n2)CC[C@@H]1O. The Bertz CT molecular complexity index is 562. The van der Waals surface area contributed by atoms with Gasteiger partial charge in [-0.05, 0) is 12.8 Å². The van der Waals surface area contributed by atoms with Crippen molar-refractivity contribution in [3.05, 3.63) is 11.1 Å². The first kappa shape index (κ1) is 16.7. The van der Waals surface area contributed by atoms with Gasteiger partial charge in [0.05, 0.1) is 6.10 Å². The number of carboxylic acids is 1. The number of aliphatic hydroxyl groups excluding tert-OH is 1. The van der Waals surface area contributed by atoms with Crippen LogP contribution >= 0.6 is 11.3 Å². The number of anilines is 1. The molecule has 1 saturated heterocycles. The maximum Gasteiger partial charge on any atom is 0.314 e. The highest BCUT2D eigenvalue weighted by atomic mass is 32.1. The predicted molar refractivity (Wildman–Crippen MR) is 83.2 cm³/mol. The number of nitrogens with one attached hydrogen (secondary N) is 1. The lowest BCUT2D eigenvalue weighted by molar-refractivity contribution is -0.162. The minimum Gasteiger partial charge on any atom is -0.481 e. The molecular weight excluding hydrogens is 306 g/mol. The summed E-state index contributed by atoms with van der Waals surface area (Å²) in [5.41, 5.74) is -0.980. The van der Waals surface area contributed by atoms with Gasteiger partial charge in [-0.1, -0.05) is 13.3 Å². The summed E-state index contributed by atoms with van der Waals surface area (Å²) in [7, 11) is 1.72. The summed E-state index contributed by atoms with van der Waals surface area (Å²) in [5.74, 6) is -1.33. The first-order chi connectivity index (χ1) is 10.4. The summed E-state index contributed by atoms with van der Waals surface area (Å²) in [6.07, 6.45) is 0.302. The lowest BCUT2D eigenvalue weighted by atomic mass is 9.74. The highest BCUT2D eigenvalue weighted by Crippen LogP contribution is 2.36. The fourth-order valence-electron chi connectivity index (χ4n) is 2.91. The molecule has 1 amide bonds. The number of amides is 1. The Balaban J connectivity index is 2.22. The fourth-order valence-corrected chi connectivity index (χ4v) is 3.56. The Morgan fingerprint density at radius 1 is 1.59 bits per heavy atom. The smallest absolute Gasteiger partial charge is 0.314 e. The quantitative estimate of drug-likeness (QED) is 0.752. The van der Waals surface area contributed by atoms with Crippen molar-refractivity contribution in [3.63, 3.8) is 0 Å². The maximum absolute atomic E-state index is 12.5. The lowest BCUT2D eigenvalue weighted by Gasteiger charge is -2.43. The molecule has 1 fully saturated rings. The Hall–Kier alpha value is -1.67. The van der Waals surface area contributed by atoms with Crippen LogP contribution in [0.25, 0.3) is 0 Å². The Labute approximate surface area is 133 Å². The minimum atomic E-state index is -1.29. The van der Waals surface area contributed by atoms with Crippen molar-refractivity contribution < 1.29 is 19.8 Å². The van der Waals surface area contributed by atoms with E-state index >= 15 is 0 Å². The molecule has 0 spiro atoms. The van der Waals surface area contributed by atoms with Crippen LogP contribution < -0.4 is 5.32 Å². The molecule has 0 saturated carbocycles. The summed E-state index contributed by atoms with van der Waals surface area (Å²) in [5, 5.41) is 24.9. The van der Waals surface area contributed by atoms with E-state index in [9.17, 15) is 19.8 Å². The van der Waals surface area contributed by atoms with Gasteiger partial charge in [-0.15, -0.1) is 11.3 Å². The number of rotatable bonds is 5. The van der Waals surface area contributed by atoms with E-state index in [1.54, 1.807) is 12.4 Å². The van der Waals surface area contributed by atoms with Crippen molar-refractivity contribution in [1.82, 2.24) is 9.88 Å². The van der Waals surface area contributed by atoms with Gasteiger partial charge in [0, 0.05) is 25.5 Å². The molecule has 1 aromatic rings. The molecule has 0 aliphatic carbocycles. The number of carboxylic acid groups (broad SMARTS) is 1. The third-order valence-electron chi connectivity index (χ3n) is 4.13. The molecule has 22 heavy (non-hydrogen) atoms. The van der Waals surface area contributed by atoms with Gasteiger partial charge in [0.2, 0.25) is 0 Å². The Morgan fingerprint density at radius 3 is 2.86 bits per heavy atom. The van der Waals surface area contributed by atoms with E-state index in [1.807, 2.05) is 6.92 Å². The monoisotopic (exact) mass is 327 g/mol. The average molecular weight is 327 g/mol. The van der Waals surface area contributed by atoms with Crippen molar-refractivity contribution in [2.24, 2.45) is 5.41 Å². The zero-order valence-corrected chi connectivity index (χ0v) is 13.5. The molecule has 2 rings (SSSR count). The molecular formula is C14H21N3O4S. The molecule has 1 aliphatic rings. The highest BCUT2D eigenvalue weighted by Gasteiger charge is 2.49. The number of carbonyl (C=O) groups excluding carboxylic acids is 1. The second-order valence-corrected chi connectivity index (χ2v) is 6.39. The molecule has 0 aromatic carbocycles. The highest BCUT2D eigenvalue weighted by molar-refractivity contribution is 7.13. The van der Waals surface area contributed by atoms with E-state index in [4.69, 9.17) is 0 Å². The number of aliphatic carboxylic acids is 1. The lowest BCUT2D eigenvalue weighted by Crippen LogP contribution is -2.57. The predicted octanol–water partition coefficient (Wildman–Crippen LogP) is 1.26. The van der Waals surface area contributed by atoms with Crippen LogP contribution in [-0.4, -0.2) is 58.2 Å². The zero-order valence-electron chi connectivity index (χ0n) is 12.7. The Morgan fingerprint density at radius 2 is 2.32 bits per heavy atom. The largest absolute Gasteiger partial charge is 0.481 e. The van der Waals surface area contributed by atoms with Gasteiger partial charge in [-0.3, -0.25) is 9.59 Å². The van der Waals surface area contributed by atoms with Gasteiger partial charge in [0.25, 0.3) is 5.91 Å². The third-order valence-corrected chi connectivity index (χ3v) is 4.99. The Kier molecular flexibility index (Phi) is 5.02. The van der Waals surface area contributed by atoms with Crippen LogP contribution in [0.15, 0.2) is 5.38 Å². The molecule has 1 aromatic heterocycles. The van der Waals surface area contributed by atoms with Gasteiger partial charge in [-0.2, -0.15) is 0 Å². The standard InChI is InChI=1S/C14H21N3O4S/c1-3-5-14(12(20)21)8-17(6-4-10(14)18)11(19)9-7-22-13(15-2)16-9/h7,10,18H,3-6,8H2,1-2H3,(H,15,16)(H,20,21)/t10-,14+/m0/s1. The second-order valence-electron chi connectivity index (χ2n) is 5.53. The molecule has 2 heterocycles. The van der Waals surface area contributed by atoms with E-state index in [0.29, 0.717) is 30.2 Å². The van der Waals surface area contributed by atoms with Crippen LogP contribution in [0.1, 0.15) is 36.7 Å². The topological polar surface area (TPSA) is 103 Å². The summed E-state index contributed by atoms with van der Waals surface area (Å²) >= 11 is 1.32. The van der Waals surface area contributed by atoms with E-state index in [0.717, 1.165) is 0 Å². The number of aliphatic hydroxyl groups is 1. The van der Waals surface area contributed by atoms with Gasteiger partial charge in [-0.25, -0.2) is 4.98 Å². The number of hydrogen-bond donors (Lipinski definition) is 3. The first-order valence-corrected chi connectivity index (χ1v) is 8.16. The van der Waals surface area contributed by atoms with Gasteiger partial charge in [0.15, 0.2) is 5.13 Å². The molecule has 0 bridgehead atoms. The fraction of sp³-hybridized carbons (Fsp3) is 0.643. The average Bonchev–Trinajstić information content (AvgIpc) is 2.97. The van der Waals surface area contributed by atoms with E-state index in [-0.39, 0.29) is 18.9 Å². The minimum absolute atomic E-state index is 0.0165. The molecule has 3 N–H and O–H groups in total. The molecule has 0 unspecified atom stereocenters. The summed E-state index contributed by atoms with van der Waals surface area (Å²) in [6, 6.07) is 0. The number of carbonyl (C=O) groups is 2. The van der Waals surface area contributed by atoms with Crippen molar-refractivity contribution in [2.75, 3.05) is 25.5 Å². The number of likely N-dealkylation sites (tertiary alicyclic amines) is 1. The van der Waals surface area contributed by atoms with E-state index in [2.05, 4.69) is 10.3 Å². The normalized spacial score (nSPS) is 25.0. The van der Waals surface area contributed by atoms with Crippen LogP contribution in [0.5, 0.6) is 0 Å². The van der Waals surface area contributed by atoms with Crippen molar-refractivity contribution in [3.8, 4) is 0 Å². The van der Waals surface area contributed by atoms with Gasteiger partial charge >= 0.3 is 5.97 Å². The number of piperidine rings is 1. The van der Waals surface area contributed by atoms with Crippen molar-refractivity contribution >= 4 is 28.3 Å². The van der Waals surface area contributed by atoms with Crippen LogP contribution in [-0.2, 0) is 4.79 Å². The summed E-state index contributed by atoms with van der Waals surface area (Å²) in [6.45, 7) is 2.23. The van der Waals surface area contributed by atoms with Crippen LogP contribution in [0.2, 0.25) is 0 Å². The van der Waals surface area contributed by atoms with Crippen molar-refractivity contribution in [1.29, 1.82) is 0 Å². The van der Waals surface area contributed by atoms with Gasteiger partial charge in [0.1, 0.15) is 11.1 Å². The number of aromatic nitrogens is 1.